The number of hydrogen-bond acceptors (Lipinski definition) is 3. The summed E-state index contributed by atoms with van der Waals surface area (Å²) in [5.41, 5.74) is 9.70. The van der Waals surface area contributed by atoms with Gasteiger partial charge in [0.15, 0.2) is 17.5 Å². The SMILES string of the molecule is c1ccc(-c2nc(-c3ccccc3)nc(-c3ccc(-n4c5cc(-n6c7ccccc7c7ccccc76)ccc5c5cc6ccccc6cc54)cc3)n2)cc1. The maximum Gasteiger partial charge on any atom is 0.164 e. The van der Waals surface area contributed by atoms with Gasteiger partial charge in [-0.2, -0.15) is 0 Å². The highest BCUT2D eigenvalue weighted by molar-refractivity contribution is 6.15. The van der Waals surface area contributed by atoms with E-state index >= 15 is 0 Å². The van der Waals surface area contributed by atoms with Crippen molar-refractivity contribution in [1.29, 1.82) is 0 Å². The smallest absolute Gasteiger partial charge is 0.164 e. The van der Waals surface area contributed by atoms with Gasteiger partial charge in [0.25, 0.3) is 0 Å². The Balaban J connectivity index is 1.12. The molecular formula is C49H31N5. The third kappa shape index (κ3) is 4.83. The van der Waals surface area contributed by atoms with Crippen LogP contribution in [-0.4, -0.2) is 24.1 Å². The van der Waals surface area contributed by atoms with E-state index in [4.69, 9.17) is 15.0 Å². The number of para-hydroxylation sites is 2. The molecule has 3 heterocycles. The number of rotatable bonds is 5. The molecule has 0 aliphatic heterocycles. The molecule has 5 heteroatoms. The Morgan fingerprint density at radius 1 is 0.278 bits per heavy atom. The first kappa shape index (κ1) is 30.3. The van der Waals surface area contributed by atoms with Crippen molar-refractivity contribution in [3.05, 3.63) is 188 Å². The van der Waals surface area contributed by atoms with Crippen LogP contribution in [0.1, 0.15) is 0 Å². The molecule has 11 aromatic rings. The topological polar surface area (TPSA) is 48.5 Å². The van der Waals surface area contributed by atoms with Crippen molar-refractivity contribution < 1.29 is 0 Å². The first-order valence-corrected chi connectivity index (χ1v) is 18.2. The lowest BCUT2D eigenvalue weighted by molar-refractivity contribution is 1.07. The fourth-order valence-electron chi connectivity index (χ4n) is 8.01. The van der Waals surface area contributed by atoms with Gasteiger partial charge < -0.3 is 9.13 Å². The van der Waals surface area contributed by atoms with Gasteiger partial charge in [-0.15, -0.1) is 0 Å². The van der Waals surface area contributed by atoms with Crippen LogP contribution in [0.25, 0.3) is 99.9 Å². The van der Waals surface area contributed by atoms with E-state index in [2.05, 4.69) is 137 Å². The van der Waals surface area contributed by atoms with Crippen LogP contribution in [0.15, 0.2) is 188 Å². The lowest BCUT2D eigenvalue weighted by atomic mass is 10.1. The molecule has 252 valence electrons. The number of fused-ring (bicyclic) bond motifs is 7. The zero-order chi connectivity index (χ0) is 35.6. The van der Waals surface area contributed by atoms with Crippen molar-refractivity contribution in [2.75, 3.05) is 0 Å². The van der Waals surface area contributed by atoms with E-state index in [0.29, 0.717) is 17.5 Å². The molecule has 0 saturated carbocycles. The zero-order valence-electron chi connectivity index (χ0n) is 29.1. The third-order valence-corrected chi connectivity index (χ3v) is 10.5. The van der Waals surface area contributed by atoms with Gasteiger partial charge in [0, 0.05) is 49.6 Å². The molecule has 3 aromatic heterocycles. The highest BCUT2D eigenvalue weighted by atomic mass is 15.0. The highest BCUT2D eigenvalue weighted by Gasteiger charge is 2.18. The van der Waals surface area contributed by atoms with Crippen LogP contribution >= 0.6 is 0 Å². The summed E-state index contributed by atoms with van der Waals surface area (Å²) in [6.07, 6.45) is 0. The molecule has 0 N–H and O–H groups in total. The Labute approximate surface area is 311 Å². The van der Waals surface area contributed by atoms with Crippen LogP contribution in [0.3, 0.4) is 0 Å². The molecule has 0 unspecified atom stereocenters. The molecule has 54 heavy (non-hydrogen) atoms. The van der Waals surface area contributed by atoms with Gasteiger partial charge in [-0.3, -0.25) is 0 Å². The number of nitrogens with zero attached hydrogens (tertiary/aromatic N) is 5. The Kier molecular flexibility index (Phi) is 6.79. The first-order chi connectivity index (χ1) is 26.8. The van der Waals surface area contributed by atoms with Gasteiger partial charge in [0.1, 0.15) is 0 Å². The van der Waals surface area contributed by atoms with Gasteiger partial charge in [0.05, 0.1) is 22.1 Å². The molecule has 0 atom stereocenters. The van der Waals surface area contributed by atoms with Crippen LogP contribution in [0.5, 0.6) is 0 Å². The summed E-state index contributed by atoms with van der Waals surface area (Å²) >= 11 is 0. The minimum Gasteiger partial charge on any atom is -0.309 e. The average Bonchev–Trinajstić information content (AvgIpc) is 3.75. The summed E-state index contributed by atoms with van der Waals surface area (Å²) in [6, 6.07) is 66.4. The monoisotopic (exact) mass is 689 g/mol. The van der Waals surface area contributed by atoms with Gasteiger partial charge >= 0.3 is 0 Å². The molecule has 0 aliphatic rings. The summed E-state index contributed by atoms with van der Waals surface area (Å²) < 4.78 is 4.79. The van der Waals surface area contributed by atoms with Crippen molar-refractivity contribution in [2.24, 2.45) is 0 Å². The fraction of sp³-hybridized carbons (Fsp3) is 0. The molecule has 0 spiro atoms. The van der Waals surface area contributed by atoms with E-state index in [-0.39, 0.29) is 0 Å². The largest absolute Gasteiger partial charge is 0.309 e. The maximum absolute atomic E-state index is 4.98. The Morgan fingerprint density at radius 2 is 0.704 bits per heavy atom. The second-order valence-electron chi connectivity index (χ2n) is 13.7. The lowest BCUT2D eigenvalue weighted by Gasteiger charge is -2.12. The lowest BCUT2D eigenvalue weighted by Crippen LogP contribution is -2.00. The second-order valence-corrected chi connectivity index (χ2v) is 13.7. The second kappa shape index (κ2) is 12.1. The number of aromatic nitrogens is 5. The van der Waals surface area contributed by atoms with E-state index in [1.165, 1.54) is 43.4 Å². The van der Waals surface area contributed by atoms with Gasteiger partial charge in [0.2, 0.25) is 0 Å². The van der Waals surface area contributed by atoms with Crippen molar-refractivity contribution in [1.82, 2.24) is 24.1 Å². The standard InChI is InChI=1S/C49H31N5/c1-3-13-32(14-4-1)47-50-48(33-15-5-2-6-16-33)52-49(51-47)34-23-25-37(26-24-34)53-45-30-36-18-8-7-17-35(36)29-42(45)41-28-27-38(31-46(41)53)54-43-21-11-9-19-39(43)40-20-10-12-22-44(40)54/h1-31H. The molecule has 0 aliphatic carbocycles. The molecule has 0 fully saturated rings. The Bertz CT molecular complexity index is 3080. The summed E-state index contributed by atoms with van der Waals surface area (Å²) in [5.74, 6) is 1.93. The van der Waals surface area contributed by atoms with E-state index < -0.39 is 0 Å². The predicted molar refractivity (Wildman–Crippen MR) is 222 cm³/mol. The molecule has 0 saturated heterocycles. The van der Waals surface area contributed by atoms with E-state index in [0.717, 1.165) is 39.1 Å². The van der Waals surface area contributed by atoms with E-state index in [9.17, 15) is 0 Å². The molecule has 5 nitrogen and oxygen atoms in total. The van der Waals surface area contributed by atoms with E-state index in [1.54, 1.807) is 0 Å². The van der Waals surface area contributed by atoms with Crippen LogP contribution in [-0.2, 0) is 0 Å². The van der Waals surface area contributed by atoms with Crippen LogP contribution in [0.2, 0.25) is 0 Å². The fourth-order valence-corrected chi connectivity index (χ4v) is 8.01. The summed E-state index contributed by atoms with van der Waals surface area (Å²) in [4.78, 5) is 14.9. The Morgan fingerprint density at radius 3 is 1.30 bits per heavy atom. The minimum atomic E-state index is 0.635. The average molecular weight is 690 g/mol. The van der Waals surface area contributed by atoms with Crippen molar-refractivity contribution in [2.45, 2.75) is 0 Å². The van der Waals surface area contributed by atoms with Crippen LogP contribution < -0.4 is 0 Å². The maximum atomic E-state index is 4.98. The van der Waals surface area contributed by atoms with Crippen LogP contribution in [0.4, 0.5) is 0 Å². The summed E-state index contributed by atoms with van der Waals surface area (Å²) in [5, 5.41) is 7.37. The molecular weight excluding hydrogens is 659 g/mol. The predicted octanol–water partition coefficient (Wildman–Crippen LogP) is 12.2. The minimum absolute atomic E-state index is 0.635. The summed E-state index contributed by atoms with van der Waals surface area (Å²) in [7, 11) is 0. The third-order valence-electron chi connectivity index (χ3n) is 10.5. The molecule has 0 bridgehead atoms. The molecule has 11 rings (SSSR count). The van der Waals surface area contributed by atoms with Crippen molar-refractivity contribution in [3.63, 3.8) is 0 Å². The summed E-state index contributed by atoms with van der Waals surface area (Å²) in [6.45, 7) is 0. The first-order valence-electron chi connectivity index (χ1n) is 18.2. The van der Waals surface area contributed by atoms with E-state index in [1.807, 2.05) is 60.7 Å². The van der Waals surface area contributed by atoms with Gasteiger partial charge in [-0.1, -0.05) is 127 Å². The molecule has 8 aromatic carbocycles. The Hall–Kier alpha value is -7.37. The highest BCUT2D eigenvalue weighted by Crippen LogP contribution is 2.38. The quantitative estimate of drug-likeness (QED) is 0.181. The zero-order valence-corrected chi connectivity index (χ0v) is 29.1. The molecule has 0 amide bonds. The normalized spacial score (nSPS) is 11.7. The van der Waals surface area contributed by atoms with Gasteiger partial charge in [-0.05, 0) is 71.4 Å². The number of hydrogen-bond donors (Lipinski definition) is 0. The van der Waals surface area contributed by atoms with Crippen molar-refractivity contribution >= 4 is 54.4 Å². The van der Waals surface area contributed by atoms with Crippen LogP contribution in [0, 0.1) is 0 Å². The van der Waals surface area contributed by atoms with Gasteiger partial charge in [-0.25, -0.2) is 15.0 Å². The van der Waals surface area contributed by atoms with Crippen molar-refractivity contribution in [3.8, 4) is 45.5 Å². The molecule has 0 radical (unpaired) electrons. The number of benzene rings is 8.